The van der Waals surface area contributed by atoms with Crippen LogP contribution < -0.4 is 5.73 Å². The molecule has 0 heterocycles. The Hall–Kier alpha value is -1.06. The van der Waals surface area contributed by atoms with Crippen molar-refractivity contribution in [1.82, 2.24) is 4.90 Å². The highest BCUT2D eigenvalue weighted by Gasteiger charge is 2.68. The molecule has 0 saturated heterocycles. The molecule has 4 nitrogen and oxygen atoms in total. The normalized spacial score (nSPS) is 20.8. The van der Waals surface area contributed by atoms with Crippen molar-refractivity contribution < 1.29 is 9.59 Å². The summed E-state index contributed by atoms with van der Waals surface area (Å²) in [5, 5.41) is 0. The molecule has 1 rings (SSSR count). The van der Waals surface area contributed by atoms with Gasteiger partial charge in [-0.1, -0.05) is 27.7 Å². The molecule has 4 heteroatoms. The number of nitrogens with zero attached hydrogens (tertiary/aromatic N) is 1. The molecule has 0 aromatic carbocycles. The van der Waals surface area contributed by atoms with E-state index in [1.165, 1.54) is 0 Å². The number of hydrogen-bond acceptors (Lipinski definition) is 2. The van der Waals surface area contributed by atoms with Crippen LogP contribution in [0.1, 0.15) is 48.0 Å². The number of primary amides is 1. The Bertz CT molecular complexity index is 345. The van der Waals surface area contributed by atoms with Gasteiger partial charge in [-0.05, 0) is 24.7 Å². The highest BCUT2D eigenvalue weighted by Crippen LogP contribution is 2.68. The Morgan fingerprint density at radius 2 is 1.61 bits per heavy atom. The van der Waals surface area contributed by atoms with E-state index in [1.54, 1.807) is 4.90 Å². The highest BCUT2D eigenvalue weighted by atomic mass is 16.2. The molecular formula is C14H26N2O2. The van der Waals surface area contributed by atoms with E-state index >= 15 is 0 Å². The van der Waals surface area contributed by atoms with Gasteiger partial charge in [0.1, 0.15) is 0 Å². The van der Waals surface area contributed by atoms with E-state index in [9.17, 15) is 9.59 Å². The molecule has 0 aliphatic heterocycles. The zero-order valence-electron chi connectivity index (χ0n) is 12.4. The van der Waals surface area contributed by atoms with Crippen molar-refractivity contribution in [3.05, 3.63) is 0 Å². The summed E-state index contributed by atoms with van der Waals surface area (Å²) in [4.78, 5) is 25.2. The van der Waals surface area contributed by atoms with Crippen LogP contribution in [-0.2, 0) is 9.59 Å². The molecule has 0 unspecified atom stereocenters. The molecule has 1 aliphatic rings. The average molecular weight is 254 g/mol. The van der Waals surface area contributed by atoms with Crippen molar-refractivity contribution >= 4 is 11.8 Å². The van der Waals surface area contributed by atoms with Crippen LogP contribution in [0, 0.1) is 16.7 Å². The summed E-state index contributed by atoms with van der Waals surface area (Å²) >= 11 is 0. The second-order valence-corrected chi connectivity index (χ2v) is 6.72. The first kappa shape index (κ1) is 15.0. The molecule has 1 saturated carbocycles. The Kier molecular flexibility index (Phi) is 3.80. The van der Waals surface area contributed by atoms with E-state index in [0.717, 1.165) is 0 Å². The van der Waals surface area contributed by atoms with Gasteiger partial charge < -0.3 is 10.6 Å². The maximum atomic E-state index is 12.6. The largest absolute Gasteiger partial charge is 0.370 e. The summed E-state index contributed by atoms with van der Waals surface area (Å²) in [6.07, 6.45) is 0.234. The number of amides is 2. The summed E-state index contributed by atoms with van der Waals surface area (Å²) in [5.74, 6) is -0.163. The maximum Gasteiger partial charge on any atom is 0.227 e. The Morgan fingerprint density at radius 1 is 1.17 bits per heavy atom. The molecule has 0 spiro atoms. The van der Waals surface area contributed by atoms with Crippen LogP contribution in [0.25, 0.3) is 0 Å². The third-order valence-corrected chi connectivity index (χ3v) is 4.77. The zero-order valence-corrected chi connectivity index (χ0v) is 12.4. The molecule has 1 fully saturated rings. The van der Waals surface area contributed by atoms with Gasteiger partial charge in [-0.25, -0.2) is 0 Å². The first-order chi connectivity index (χ1) is 8.03. The van der Waals surface area contributed by atoms with Gasteiger partial charge >= 0.3 is 0 Å². The van der Waals surface area contributed by atoms with E-state index in [-0.39, 0.29) is 41.0 Å². The van der Waals surface area contributed by atoms with E-state index in [1.807, 2.05) is 13.8 Å². The van der Waals surface area contributed by atoms with Crippen LogP contribution in [0.3, 0.4) is 0 Å². The third-order valence-electron chi connectivity index (χ3n) is 4.77. The van der Waals surface area contributed by atoms with Crippen molar-refractivity contribution in [1.29, 1.82) is 0 Å². The van der Waals surface area contributed by atoms with Crippen LogP contribution in [-0.4, -0.2) is 29.3 Å². The van der Waals surface area contributed by atoms with Gasteiger partial charge in [0.2, 0.25) is 11.8 Å². The monoisotopic (exact) mass is 254 g/mol. The molecule has 18 heavy (non-hydrogen) atoms. The van der Waals surface area contributed by atoms with E-state index in [4.69, 9.17) is 5.73 Å². The second-order valence-electron chi connectivity index (χ2n) is 6.72. The van der Waals surface area contributed by atoms with E-state index in [2.05, 4.69) is 27.7 Å². The van der Waals surface area contributed by atoms with Crippen molar-refractivity contribution in [3.63, 3.8) is 0 Å². The number of carbonyl (C=O) groups excluding carboxylic acids is 2. The Balaban J connectivity index is 2.77. The Labute approximate surface area is 110 Å². The summed E-state index contributed by atoms with van der Waals surface area (Å²) in [5.41, 5.74) is 5.23. The maximum absolute atomic E-state index is 12.6. The number of rotatable bonds is 5. The van der Waals surface area contributed by atoms with Gasteiger partial charge in [-0.15, -0.1) is 0 Å². The van der Waals surface area contributed by atoms with Crippen molar-refractivity contribution in [2.24, 2.45) is 22.5 Å². The average Bonchev–Trinajstić information content (AvgIpc) is 2.55. The molecule has 2 amide bonds. The lowest BCUT2D eigenvalue weighted by atomic mass is 10.0. The molecule has 0 aromatic heterocycles. The zero-order chi connectivity index (χ0) is 14.3. The van der Waals surface area contributed by atoms with Gasteiger partial charge in [-0.2, -0.15) is 0 Å². The molecule has 2 N–H and O–H groups in total. The summed E-state index contributed by atoms with van der Waals surface area (Å²) < 4.78 is 0. The SMILES string of the molecule is CC(C)N(CCC(N)=O)C(=O)C1C(C)(C)C1(C)C. The molecule has 0 atom stereocenters. The molecule has 0 bridgehead atoms. The fourth-order valence-corrected chi connectivity index (χ4v) is 2.83. The molecule has 1 aliphatic carbocycles. The van der Waals surface area contributed by atoms with Crippen molar-refractivity contribution in [2.75, 3.05) is 6.54 Å². The van der Waals surface area contributed by atoms with Gasteiger partial charge in [0.15, 0.2) is 0 Å². The van der Waals surface area contributed by atoms with Crippen LogP contribution in [0.4, 0.5) is 0 Å². The lowest BCUT2D eigenvalue weighted by molar-refractivity contribution is -0.136. The minimum atomic E-state index is -0.359. The van der Waals surface area contributed by atoms with Crippen LogP contribution >= 0.6 is 0 Å². The third kappa shape index (κ3) is 2.38. The van der Waals surface area contributed by atoms with Crippen molar-refractivity contribution in [3.8, 4) is 0 Å². The predicted molar refractivity (Wildman–Crippen MR) is 71.7 cm³/mol. The fourth-order valence-electron chi connectivity index (χ4n) is 2.83. The minimum absolute atomic E-state index is 0.0317. The first-order valence-corrected chi connectivity index (χ1v) is 6.62. The predicted octanol–water partition coefficient (Wildman–Crippen LogP) is 1.78. The highest BCUT2D eigenvalue weighted by molar-refractivity contribution is 5.85. The van der Waals surface area contributed by atoms with Crippen LogP contribution in [0.2, 0.25) is 0 Å². The van der Waals surface area contributed by atoms with E-state index < -0.39 is 0 Å². The van der Waals surface area contributed by atoms with E-state index in [0.29, 0.717) is 6.54 Å². The number of carbonyl (C=O) groups is 2. The van der Waals surface area contributed by atoms with Crippen molar-refractivity contribution in [2.45, 2.75) is 54.0 Å². The lowest BCUT2D eigenvalue weighted by Gasteiger charge is -2.27. The lowest BCUT2D eigenvalue weighted by Crippen LogP contribution is -2.41. The number of hydrogen-bond donors (Lipinski definition) is 1. The fraction of sp³-hybridized carbons (Fsp3) is 0.857. The minimum Gasteiger partial charge on any atom is -0.370 e. The smallest absolute Gasteiger partial charge is 0.227 e. The summed E-state index contributed by atoms with van der Waals surface area (Å²) in [6, 6.07) is 0.101. The quantitative estimate of drug-likeness (QED) is 0.813. The number of nitrogens with two attached hydrogens (primary N) is 1. The van der Waals surface area contributed by atoms with Crippen LogP contribution in [0.15, 0.2) is 0 Å². The van der Waals surface area contributed by atoms with Gasteiger partial charge in [0.25, 0.3) is 0 Å². The Morgan fingerprint density at radius 3 is 1.89 bits per heavy atom. The van der Waals surface area contributed by atoms with Gasteiger partial charge in [0.05, 0.1) is 0 Å². The standard InChI is InChI=1S/C14H26N2O2/c1-9(2)16(8-7-10(15)17)12(18)11-13(3,4)14(11,5)6/h9,11H,7-8H2,1-6H3,(H2,15,17). The van der Waals surface area contributed by atoms with Gasteiger partial charge in [0, 0.05) is 24.9 Å². The molecular weight excluding hydrogens is 228 g/mol. The summed E-state index contributed by atoms with van der Waals surface area (Å²) in [6.45, 7) is 12.9. The molecule has 0 radical (unpaired) electrons. The topological polar surface area (TPSA) is 63.4 Å². The molecule has 104 valence electrons. The van der Waals surface area contributed by atoms with Crippen LogP contribution in [0.5, 0.6) is 0 Å². The van der Waals surface area contributed by atoms with Gasteiger partial charge in [-0.3, -0.25) is 9.59 Å². The molecule has 0 aromatic rings. The first-order valence-electron chi connectivity index (χ1n) is 6.62. The second kappa shape index (κ2) is 4.56. The summed E-state index contributed by atoms with van der Waals surface area (Å²) in [7, 11) is 0.